The molecule has 0 bridgehead atoms. The maximum Gasteiger partial charge on any atom is 0.222 e. The number of fused-ring (bicyclic) bond motifs is 1. The van der Waals surface area contributed by atoms with Gasteiger partial charge in [-0.15, -0.1) is 0 Å². The van der Waals surface area contributed by atoms with Crippen molar-refractivity contribution in [2.24, 2.45) is 5.92 Å². The molecular formula is C29H35FN4O. The number of nitrogens with zero attached hydrogens (tertiary/aromatic N) is 4. The highest BCUT2D eigenvalue weighted by molar-refractivity contribution is 5.76. The van der Waals surface area contributed by atoms with Crippen molar-refractivity contribution in [1.29, 1.82) is 0 Å². The van der Waals surface area contributed by atoms with Crippen LogP contribution in [0.3, 0.4) is 0 Å². The molecule has 1 aliphatic heterocycles. The SMILES string of the molecule is Cc1ccc(-n2nc(CN(C)C(=O)CC3CCCC3)c3c2CCN(Cc2ccc(F)cc2)C3)cc1. The van der Waals surface area contributed by atoms with E-state index in [2.05, 4.69) is 40.8 Å². The molecule has 2 aromatic carbocycles. The van der Waals surface area contributed by atoms with E-state index in [9.17, 15) is 9.18 Å². The van der Waals surface area contributed by atoms with Crippen LogP contribution in [0.15, 0.2) is 48.5 Å². The highest BCUT2D eigenvalue weighted by Crippen LogP contribution is 2.30. The molecule has 0 atom stereocenters. The van der Waals surface area contributed by atoms with Gasteiger partial charge in [-0.2, -0.15) is 5.10 Å². The summed E-state index contributed by atoms with van der Waals surface area (Å²) in [6.07, 6.45) is 6.38. The van der Waals surface area contributed by atoms with Gasteiger partial charge < -0.3 is 4.90 Å². The lowest BCUT2D eigenvalue weighted by Crippen LogP contribution is -2.32. The molecule has 1 saturated carbocycles. The number of halogens is 1. The van der Waals surface area contributed by atoms with Gasteiger partial charge in [0, 0.05) is 45.1 Å². The lowest BCUT2D eigenvalue weighted by atomic mass is 10.0. The minimum Gasteiger partial charge on any atom is -0.340 e. The molecule has 0 unspecified atom stereocenters. The van der Waals surface area contributed by atoms with Crippen LogP contribution in [-0.4, -0.2) is 39.1 Å². The topological polar surface area (TPSA) is 41.4 Å². The van der Waals surface area contributed by atoms with Gasteiger partial charge in [-0.1, -0.05) is 42.7 Å². The molecule has 1 amide bonds. The van der Waals surface area contributed by atoms with Gasteiger partial charge in [0.05, 0.1) is 23.6 Å². The third kappa shape index (κ3) is 5.48. The van der Waals surface area contributed by atoms with Gasteiger partial charge in [0.25, 0.3) is 0 Å². The molecule has 0 N–H and O–H groups in total. The Morgan fingerprint density at radius 1 is 1.09 bits per heavy atom. The van der Waals surface area contributed by atoms with Crippen molar-refractivity contribution in [3.05, 3.63) is 82.4 Å². The average molecular weight is 475 g/mol. The fourth-order valence-corrected chi connectivity index (χ4v) is 5.48. The van der Waals surface area contributed by atoms with Crippen LogP contribution >= 0.6 is 0 Å². The molecule has 3 aromatic rings. The van der Waals surface area contributed by atoms with Crippen molar-refractivity contribution in [2.75, 3.05) is 13.6 Å². The van der Waals surface area contributed by atoms with E-state index in [4.69, 9.17) is 5.10 Å². The second-order valence-electron chi connectivity index (χ2n) is 10.3. The zero-order valence-electron chi connectivity index (χ0n) is 20.8. The number of aryl methyl sites for hydroxylation is 1. The molecule has 35 heavy (non-hydrogen) atoms. The highest BCUT2D eigenvalue weighted by atomic mass is 19.1. The Bertz CT molecular complexity index is 1160. The predicted molar refractivity (Wildman–Crippen MR) is 136 cm³/mol. The standard InChI is InChI=1S/C29H35FN4O/c1-21-7-13-25(14-8-21)34-28-15-16-33(18-23-9-11-24(30)12-10-23)19-26(28)27(31-34)20-32(2)29(35)17-22-5-3-4-6-22/h7-14,22H,3-6,15-20H2,1-2H3. The van der Waals surface area contributed by atoms with E-state index in [0.717, 1.165) is 43.0 Å². The minimum absolute atomic E-state index is 0.207. The van der Waals surface area contributed by atoms with Gasteiger partial charge >= 0.3 is 0 Å². The maximum absolute atomic E-state index is 13.4. The molecule has 1 aliphatic carbocycles. The number of carbonyl (C=O) groups excluding carboxylic acids is 1. The van der Waals surface area contributed by atoms with Crippen molar-refractivity contribution in [3.8, 4) is 5.69 Å². The highest BCUT2D eigenvalue weighted by Gasteiger charge is 2.28. The van der Waals surface area contributed by atoms with E-state index in [1.165, 1.54) is 54.6 Å². The molecule has 1 aromatic heterocycles. The summed E-state index contributed by atoms with van der Waals surface area (Å²) < 4.78 is 15.4. The Morgan fingerprint density at radius 2 is 1.80 bits per heavy atom. The van der Waals surface area contributed by atoms with Crippen molar-refractivity contribution in [2.45, 2.75) is 65.1 Å². The molecule has 2 heterocycles. The Hall–Kier alpha value is -2.99. The molecular weight excluding hydrogens is 439 g/mol. The molecule has 0 saturated heterocycles. The zero-order chi connectivity index (χ0) is 24.4. The number of carbonyl (C=O) groups is 1. The van der Waals surface area contributed by atoms with Crippen LogP contribution in [0.2, 0.25) is 0 Å². The number of rotatable bonds is 7. The summed E-state index contributed by atoms with van der Waals surface area (Å²) in [5.74, 6) is 0.548. The van der Waals surface area contributed by atoms with Crippen LogP contribution in [-0.2, 0) is 30.8 Å². The molecule has 1 fully saturated rings. The van der Waals surface area contributed by atoms with Gasteiger partial charge in [-0.05, 0) is 55.5 Å². The van der Waals surface area contributed by atoms with Crippen molar-refractivity contribution >= 4 is 5.91 Å². The first-order chi connectivity index (χ1) is 17.0. The number of hydrogen-bond donors (Lipinski definition) is 0. The van der Waals surface area contributed by atoms with E-state index in [1.54, 1.807) is 0 Å². The van der Waals surface area contributed by atoms with Crippen LogP contribution < -0.4 is 0 Å². The largest absolute Gasteiger partial charge is 0.340 e. The summed E-state index contributed by atoms with van der Waals surface area (Å²) in [6, 6.07) is 15.2. The Labute approximate surface area is 207 Å². The lowest BCUT2D eigenvalue weighted by molar-refractivity contribution is -0.131. The number of amides is 1. The normalized spacial score (nSPS) is 16.4. The Kier molecular flexibility index (Phi) is 7.00. The van der Waals surface area contributed by atoms with Crippen LogP contribution in [0.25, 0.3) is 5.69 Å². The summed E-state index contributed by atoms with van der Waals surface area (Å²) in [5, 5.41) is 5.05. The monoisotopic (exact) mass is 474 g/mol. The smallest absolute Gasteiger partial charge is 0.222 e. The van der Waals surface area contributed by atoms with Gasteiger partial charge in [0.2, 0.25) is 5.91 Å². The predicted octanol–water partition coefficient (Wildman–Crippen LogP) is 5.42. The maximum atomic E-state index is 13.4. The Balaban J connectivity index is 1.39. The lowest BCUT2D eigenvalue weighted by Gasteiger charge is -2.28. The zero-order valence-corrected chi connectivity index (χ0v) is 20.8. The quantitative estimate of drug-likeness (QED) is 0.459. The first-order valence-electron chi connectivity index (χ1n) is 12.8. The van der Waals surface area contributed by atoms with E-state index < -0.39 is 0 Å². The van der Waals surface area contributed by atoms with E-state index in [0.29, 0.717) is 18.9 Å². The van der Waals surface area contributed by atoms with Gasteiger partial charge in [-0.3, -0.25) is 9.69 Å². The molecule has 184 valence electrons. The number of hydrogen-bond acceptors (Lipinski definition) is 3. The van der Waals surface area contributed by atoms with E-state index in [-0.39, 0.29) is 11.7 Å². The van der Waals surface area contributed by atoms with Crippen molar-refractivity contribution in [1.82, 2.24) is 19.6 Å². The van der Waals surface area contributed by atoms with Gasteiger partial charge in [0.1, 0.15) is 5.82 Å². The van der Waals surface area contributed by atoms with Crippen LogP contribution in [0.1, 0.15) is 60.2 Å². The minimum atomic E-state index is -0.207. The fourth-order valence-electron chi connectivity index (χ4n) is 5.48. The summed E-state index contributed by atoms with van der Waals surface area (Å²) >= 11 is 0. The first-order valence-corrected chi connectivity index (χ1v) is 12.8. The second-order valence-corrected chi connectivity index (χ2v) is 10.3. The first kappa shape index (κ1) is 23.7. The molecule has 0 radical (unpaired) electrons. The number of aromatic nitrogens is 2. The van der Waals surface area contributed by atoms with E-state index in [1.807, 2.05) is 24.1 Å². The summed E-state index contributed by atoms with van der Waals surface area (Å²) in [5.41, 5.74) is 6.82. The Morgan fingerprint density at radius 3 is 2.51 bits per heavy atom. The summed E-state index contributed by atoms with van der Waals surface area (Å²) in [4.78, 5) is 17.2. The third-order valence-corrected chi connectivity index (χ3v) is 7.57. The third-order valence-electron chi connectivity index (χ3n) is 7.57. The van der Waals surface area contributed by atoms with Crippen LogP contribution in [0.4, 0.5) is 4.39 Å². The molecule has 6 heteroatoms. The second kappa shape index (κ2) is 10.3. The summed E-state index contributed by atoms with van der Waals surface area (Å²) in [7, 11) is 1.91. The molecule has 5 rings (SSSR count). The van der Waals surface area contributed by atoms with Crippen LogP contribution in [0, 0.1) is 18.7 Å². The van der Waals surface area contributed by atoms with Crippen LogP contribution in [0.5, 0.6) is 0 Å². The van der Waals surface area contributed by atoms with Crippen molar-refractivity contribution in [3.63, 3.8) is 0 Å². The van der Waals surface area contributed by atoms with Crippen molar-refractivity contribution < 1.29 is 9.18 Å². The average Bonchev–Trinajstić information content (AvgIpc) is 3.49. The van der Waals surface area contributed by atoms with Gasteiger partial charge in [0.15, 0.2) is 0 Å². The molecule has 5 nitrogen and oxygen atoms in total. The number of benzene rings is 2. The molecule has 0 spiro atoms. The summed E-state index contributed by atoms with van der Waals surface area (Å²) in [6.45, 7) is 5.07. The molecule has 2 aliphatic rings. The van der Waals surface area contributed by atoms with E-state index >= 15 is 0 Å². The van der Waals surface area contributed by atoms with Gasteiger partial charge in [-0.25, -0.2) is 9.07 Å². The fraction of sp³-hybridized carbons (Fsp3) is 0.448.